The number of ether oxygens (including phenoxy) is 5. The first-order valence-corrected chi connectivity index (χ1v) is 28.5. The smallest absolute Gasteiger partial charge is 0.306 e. The highest BCUT2D eigenvalue weighted by Crippen LogP contribution is 2.20. The van der Waals surface area contributed by atoms with E-state index in [0.29, 0.717) is 32.1 Å². The number of carbonyl (C=O) groups excluding carboxylic acids is 5. The maximum atomic E-state index is 12.9. The first kappa shape index (κ1) is 65.3. The van der Waals surface area contributed by atoms with Crippen molar-refractivity contribution in [2.75, 3.05) is 40.5 Å². The fourth-order valence-corrected chi connectivity index (χ4v) is 8.39. The van der Waals surface area contributed by atoms with E-state index in [1.165, 1.54) is 128 Å². The van der Waals surface area contributed by atoms with Crippen LogP contribution in [0.3, 0.4) is 0 Å². The molecule has 0 N–H and O–H groups in total. The van der Waals surface area contributed by atoms with Gasteiger partial charge in [-0.3, -0.25) is 24.0 Å². The van der Waals surface area contributed by atoms with Crippen molar-refractivity contribution in [3.63, 3.8) is 0 Å². The van der Waals surface area contributed by atoms with Crippen molar-refractivity contribution < 1.29 is 47.7 Å². The Kier molecular flexibility index (Phi) is 47.3. The second-order valence-electron chi connectivity index (χ2n) is 20.0. The van der Waals surface area contributed by atoms with E-state index in [1.54, 1.807) is 0 Å². The number of nitrogens with zero attached hydrogens (tertiary/aromatic N) is 1. The minimum atomic E-state index is -0.524. The van der Waals surface area contributed by atoms with Crippen LogP contribution in [0.15, 0.2) is 0 Å². The fourth-order valence-electron chi connectivity index (χ4n) is 8.39. The molecule has 68 heavy (non-hydrogen) atoms. The second-order valence-corrected chi connectivity index (χ2v) is 20.0. The molecule has 0 aromatic rings. The maximum Gasteiger partial charge on any atom is 0.306 e. The molecule has 0 rings (SSSR count). The number of hydrogen-bond acceptors (Lipinski definition) is 11. The topological polar surface area (TPSA) is 135 Å². The SMILES string of the molecule is CCCCCCCCC(CCCCCCCC)OC(=O)CCCCC(=O)OCC(COC(=O)CCCCC(=O)OC(CCCCCCCC)CCCCCCCC)COC(=O)CCCCN(C)C. The van der Waals surface area contributed by atoms with Crippen molar-refractivity contribution in [1.82, 2.24) is 4.90 Å². The summed E-state index contributed by atoms with van der Waals surface area (Å²) in [4.78, 5) is 65.9. The molecule has 0 saturated carbocycles. The molecule has 0 bridgehead atoms. The molecule has 0 amide bonds. The van der Waals surface area contributed by atoms with Crippen molar-refractivity contribution in [3.8, 4) is 0 Å². The van der Waals surface area contributed by atoms with Crippen LogP contribution in [0, 0.1) is 5.92 Å². The van der Waals surface area contributed by atoms with Gasteiger partial charge in [-0.25, -0.2) is 0 Å². The van der Waals surface area contributed by atoms with Crippen LogP contribution in [0.4, 0.5) is 0 Å². The summed E-state index contributed by atoms with van der Waals surface area (Å²) >= 11 is 0. The van der Waals surface area contributed by atoms with Crippen molar-refractivity contribution in [3.05, 3.63) is 0 Å². The van der Waals surface area contributed by atoms with Crippen LogP contribution in [0.25, 0.3) is 0 Å². The van der Waals surface area contributed by atoms with Crippen molar-refractivity contribution in [2.45, 2.75) is 290 Å². The third-order valence-corrected chi connectivity index (χ3v) is 12.8. The summed E-state index contributed by atoms with van der Waals surface area (Å²) in [6.45, 7) is 9.61. The molecule has 0 unspecified atom stereocenters. The first-order valence-electron chi connectivity index (χ1n) is 28.5. The Morgan fingerprint density at radius 2 is 0.574 bits per heavy atom. The van der Waals surface area contributed by atoms with Gasteiger partial charge in [0.1, 0.15) is 32.0 Å². The predicted octanol–water partition coefficient (Wildman–Crippen LogP) is 14.9. The number of rotatable bonds is 51. The zero-order valence-electron chi connectivity index (χ0n) is 45.2. The molecule has 0 radical (unpaired) electrons. The minimum Gasteiger partial charge on any atom is -0.465 e. The van der Waals surface area contributed by atoms with Crippen molar-refractivity contribution >= 4 is 29.8 Å². The number of unbranched alkanes of at least 4 members (excludes halogenated alkanes) is 23. The van der Waals surface area contributed by atoms with Gasteiger partial charge in [-0.2, -0.15) is 0 Å². The quantitative estimate of drug-likeness (QED) is 0.0327. The molecule has 11 heteroatoms. The Morgan fingerprint density at radius 3 is 0.853 bits per heavy atom. The average Bonchev–Trinajstić information content (AvgIpc) is 3.31. The maximum absolute atomic E-state index is 12.9. The van der Waals surface area contributed by atoms with Crippen molar-refractivity contribution in [1.29, 1.82) is 0 Å². The van der Waals surface area contributed by atoms with E-state index in [0.717, 1.165) is 64.3 Å². The van der Waals surface area contributed by atoms with Gasteiger partial charge in [0.2, 0.25) is 0 Å². The summed E-state index contributed by atoms with van der Waals surface area (Å²) in [6, 6.07) is 0. The molecule has 0 saturated heterocycles. The minimum absolute atomic E-state index is 0.0383. The Bertz CT molecular complexity index is 1090. The lowest BCUT2D eigenvalue weighted by molar-refractivity contribution is -0.155. The molecule has 0 aliphatic carbocycles. The van der Waals surface area contributed by atoms with Gasteiger partial charge in [0.25, 0.3) is 0 Å². The summed E-state index contributed by atoms with van der Waals surface area (Å²) in [6.07, 6.45) is 37.3. The van der Waals surface area contributed by atoms with Crippen LogP contribution in [-0.2, 0) is 47.7 Å². The zero-order chi connectivity index (χ0) is 50.1. The molecular formula is C57H107NO10. The van der Waals surface area contributed by atoms with Crippen LogP contribution < -0.4 is 0 Å². The summed E-state index contributed by atoms with van der Waals surface area (Å²) in [5, 5.41) is 0. The van der Waals surface area contributed by atoms with E-state index in [9.17, 15) is 24.0 Å². The third-order valence-electron chi connectivity index (χ3n) is 12.8. The van der Waals surface area contributed by atoms with Gasteiger partial charge in [0.15, 0.2) is 0 Å². The molecule has 0 atom stereocenters. The van der Waals surface area contributed by atoms with E-state index < -0.39 is 17.9 Å². The van der Waals surface area contributed by atoms with Crippen LogP contribution >= 0.6 is 0 Å². The van der Waals surface area contributed by atoms with Crippen LogP contribution in [0.2, 0.25) is 0 Å². The molecule has 0 spiro atoms. The molecule has 0 aliphatic heterocycles. The fraction of sp³-hybridized carbons (Fsp3) is 0.912. The lowest BCUT2D eigenvalue weighted by atomic mass is 10.0. The Balaban J connectivity index is 4.95. The molecule has 11 nitrogen and oxygen atoms in total. The van der Waals surface area contributed by atoms with Crippen molar-refractivity contribution in [2.24, 2.45) is 5.92 Å². The summed E-state index contributed by atoms with van der Waals surface area (Å²) in [7, 11) is 3.98. The Hall–Kier alpha value is -2.69. The van der Waals surface area contributed by atoms with E-state index in [1.807, 2.05) is 14.1 Å². The monoisotopic (exact) mass is 966 g/mol. The highest BCUT2D eigenvalue weighted by atomic mass is 16.6. The average molecular weight is 966 g/mol. The predicted molar refractivity (Wildman–Crippen MR) is 277 cm³/mol. The number of hydrogen-bond donors (Lipinski definition) is 0. The van der Waals surface area contributed by atoms with Crippen LogP contribution in [-0.4, -0.2) is 87.4 Å². The largest absolute Gasteiger partial charge is 0.465 e. The van der Waals surface area contributed by atoms with Crippen LogP contribution in [0.1, 0.15) is 278 Å². The number of esters is 5. The van der Waals surface area contributed by atoms with Crippen LogP contribution in [0.5, 0.6) is 0 Å². The molecule has 0 aromatic carbocycles. The van der Waals surface area contributed by atoms with Gasteiger partial charge in [0.05, 0.1) is 5.92 Å². The van der Waals surface area contributed by atoms with Gasteiger partial charge in [-0.05, 0) is 111 Å². The van der Waals surface area contributed by atoms with Gasteiger partial charge < -0.3 is 28.6 Å². The first-order chi connectivity index (χ1) is 33.0. The van der Waals surface area contributed by atoms with E-state index in [4.69, 9.17) is 23.7 Å². The van der Waals surface area contributed by atoms with E-state index in [2.05, 4.69) is 32.6 Å². The zero-order valence-corrected chi connectivity index (χ0v) is 45.2. The highest BCUT2D eigenvalue weighted by Gasteiger charge is 2.20. The molecule has 0 aromatic heterocycles. The number of carbonyl (C=O) groups is 5. The summed E-state index contributed by atoms with van der Waals surface area (Å²) in [5.41, 5.74) is 0. The van der Waals surface area contributed by atoms with Gasteiger partial charge >= 0.3 is 29.8 Å². The normalized spacial score (nSPS) is 11.5. The molecule has 0 aliphatic rings. The summed E-state index contributed by atoms with van der Waals surface area (Å²) < 4.78 is 28.6. The summed E-state index contributed by atoms with van der Waals surface area (Å²) in [5.74, 6) is -2.09. The van der Waals surface area contributed by atoms with Gasteiger partial charge in [-0.1, -0.05) is 156 Å². The molecule has 400 valence electrons. The lowest BCUT2D eigenvalue weighted by Crippen LogP contribution is -2.26. The standard InChI is InChI=1S/C57H107NO10/c1-7-11-15-19-23-27-37-51(38-28-24-20-16-12-8-2)67-56(62)44-33-31-41-53(59)64-47-50(49-66-55(61)43-35-36-46-58(5)6)48-65-54(60)42-32-34-45-57(63)68-52(39-29-25-21-17-13-9-3)40-30-26-22-18-14-10-4/h50-52H,7-49H2,1-6H3. The van der Waals surface area contributed by atoms with Gasteiger partial charge in [0, 0.05) is 32.1 Å². The van der Waals surface area contributed by atoms with E-state index in [-0.39, 0.29) is 82.0 Å². The second kappa shape index (κ2) is 49.3. The molecule has 0 heterocycles. The lowest BCUT2D eigenvalue weighted by Gasteiger charge is -2.19. The van der Waals surface area contributed by atoms with E-state index >= 15 is 0 Å². The molecule has 0 fully saturated rings. The third kappa shape index (κ3) is 45.7. The Morgan fingerprint density at radius 1 is 0.324 bits per heavy atom. The highest BCUT2D eigenvalue weighted by molar-refractivity contribution is 5.71. The molecular weight excluding hydrogens is 859 g/mol. The Labute approximate surface area is 417 Å². The van der Waals surface area contributed by atoms with Gasteiger partial charge in [-0.15, -0.1) is 0 Å².